The number of nitrogens with zero attached hydrogens (tertiary/aromatic N) is 4. The van der Waals surface area contributed by atoms with Gasteiger partial charge in [-0.25, -0.2) is 4.68 Å². The molecule has 4 rings (SSSR count). The van der Waals surface area contributed by atoms with E-state index in [0.717, 1.165) is 23.9 Å². The van der Waals surface area contributed by atoms with Crippen molar-refractivity contribution >= 4 is 28.2 Å². The van der Waals surface area contributed by atoms with Crippen LogP contribution in [0.2, 0.25) is 0 Å². The standard InChI is InChI=1S/C22H27N5O4/c1-3-19-24-26(14-20(28)23-10-6-12-25-11-5-9-21(25)29)22(30)17-13-15-16(27(17)19)7-4-8-18(15)31-2/h4,7-8,13H,3,5-6,9-12,14H2,1-2H3,(H,23,28). The van der Waals surface area contributed by atoms with Crippen molar-refractivity contribution in [3.05, 3.63) is 40.4 Å². The third-order valence-corrected chi connectivity index (χ3v) is 5.68. The maximum absolute atomic E-state index is 13.1. The van der Waals surface area contributed by atoms with Crippen molar-refractivity contribution in [2.75, 3.05) is 26.7 Å². The van der Waals surface area contributed by atoms with E-state index >= 15 is 0 Å². The Morgan fingerprint density at radius 1 is 1.26 bits per heavy atom. The largest absolute Gasteiger partial charge is 0.496 e. The van der Waals surface area contributed by atoms with Crippen LogP contribution in [0.15, 0.2) is 29.1 Å². The number of hydrogen-bond acceptors (Lipinski definition) is 5. The van der Waals surface area contributed by atoms with Gasteiger partial charge in [-0.2, -0.15) is 5.10 Å². The number of amides is 2. The van der Waals surface area contributed by atoms with E-state index in [9.17, 15) is 14.4 Å². The molecule has 0 spiro atoms. The minimum atomic E-state index is -0.326. The van der Waals surface area contributed by atoms with Crippen molar-refractivity contribution in [1.82, 2.24) is 24.4 Å². The van der Waals surface area contributed by atoms with Crippen molar-refractivity contribution in [1.29, 1.82) is 0 Å². The minimum Gasteiger partial charge on any atom is -0.496 e. The number of nitrogens with one attached hydrogen (secondary N) is 1. The van der Waals surface area contributed by atoms with Crippen LogP contribution in [0.25, 0.3) is 16.4 Å². The van der Waals surface area contributed by atoms with Gasteiger partial charge in [0, 0.05) is 37.9 Å². The van der Waals surface area contributed by atoms with Gasteiger partial charge < -0.3 is 15.0 Å². The van der Waals surface area contributed by atoms with Crippen molar-refractivity contribution in [2.45, 2.75) is 39.2 Å². The van der Waals surface area contributed by atoms with Gasteiger partial charge in [0.15, 0.2) is 0 Å². The molecule has 1 N–H and O–H groups in total. The van der Waals surface area contributed by atoms with E-state index < -0.39 is 0 Å². The number of fused-ring (bicyclic) bond motifs is 3. The van der Waals surface area contributed by atoms with Crippen molar-refractivity contribution in [2.24, 2.45) is 0 Å². The average molecular weight is 425 g/mol. The third kappa shape index (κ3) is 3.99. The number of ether oxygens (including phenoxy) is 1. The molecule has 2 aromatic heterocycles. The molecule has 9 nitrogen and oxygen atoms in total. The van der Waals surface area contributed by atoms with Crippen LogP contribution in [0.1, 0.15) is 32.0 Å². The van der Waals surface area contributed by atoms with Gasteiger partial charge in [0.25, 0.3) is 5.56 Å². The van der Waals surface area contributed by atoms with Crippen LogP contribution < -0.4 is 15.6 Å². The predicted octanol–water partition coefficient (Wildman–Crippen LogP) is 1.35. The first-order valence-electron chi connectivity index (χ1n) is 10.7. The third-order valence-electron chi connectivity index (χ3n) is 5.68. The van der Waals surface area contributed by atoms with Gasteiger partial charge in [-0.1, -0.05) is 13.0 Å². The van der Waals surface area contributed by atoms with Gasteiger partial charge in [0.2, 0.25) is 11.8 Å². The van der Waals surface area contributed by atoms with Gasteiger partial charge >= 0.3 is 0 Å². The maximum atomic E-state index is 13.1. The number of carbonyl (C=O) groups excluding carboxylic acids is 2. The number of hydrogen-bond donors (Lipinski definition) is 1. The van der Waals surface area contributed by atoms with Crippen LogP contribution in [-0.2, 0) is 22.6 Å². The smallest absolute Gasteiger partial charge is 0.291 e. The Morgan fingerprint density at radius 2 is 2.10 bits per heavy atom. The Hall–Kier alpha value is -3.36. The van der Waals surface area contributed by atoms with Crippen LogP contribution in [0, 0.1) is 0 Å². The van der Waals surface area contributed by atoms with Gasteiger partial charge in [0.05, 0.1) is 12.6 Å². The summed E-state index contributed by atoms with van der Waals surface area (Å²) in [5, 5.41) is 8.11. The van der Waals surface area contributed by atoms with E-state index in [0.29, 0.717) is 49.4 Å². The fourth-order valence-electron chi connectivity index (χ4n) is 4.14. The zero-order chi connectivity index (χ0) is 22.0. The van der Waals surface area contributed by atoms with Crippen LogP contribution >= 0.6 is 0 Å². The Labute approximate surface area is 179 Å². The molecule has 1 fully saturated rings. The summed E-state index contributed by atoms with van der Waals surface area (Å²) >= 11 is 0. The summed E-state index contributed by atoms with van der Waals surface area (Å²) in [4.78, 5) is 38.9. The number of methoxy groups -OCH3 is 1. The fourth-order valence-corrected chi connectivity index (χ4v) is 4.14. The van der Waals surface area contributed by atoms with Crippen LogP contribution in [-0.4, -0.2) is 57.6 Å². The Morgan fingerprint density at radius 3 is 2.81 bits per heavy atom. The normalized spacial score (nSPS) is 14.0. The van der Waals surface area contributed by atoms with Crippen molar-refractivity contribution < 1.29 is 14.3 Å². The summed E-state index contributed by atoms with van der Waals surface area (Å²) < 4.78 is 8.49. The Kier molecular flexibility index (Phi) is 5.92. The van der Waals surface area contributed by atoms with E-state index in [2.05, 4.69) is 10.4 Å². The topological polar surface area (TPSA) is 97.9 Å². The molecule has 2 amide bonds. The molecule has 164 valence electrons. The van der Waals surface area contributed by atoms with Gasteiger partial charge in [-0.15, -0.1) is 0 Å². The first-order valence-corrected chi connectivity index (χ1v) is 10.7. The molecule has 3 aromatic rings. The summed E-state index contributed by atoms with van der Waals surface area (Å²) in [5.41, 5.74) is 0.990. The van der Waals surface area contributed by atoms with E-state index in [1.807, 2.05) is 34.4 Å². The SMILES string of the molecule is CCc1nn(CC(=O)NCCCN2CCCC2=O)c(=O)c2cc3c(OC)cccc3n12. The van der Waals surface area contributed by atoms with Gasteiger partial charge in [-0.3, -0.25) is 18.8 Å². The second-order valence-corrected chi connectivity index (χ2v) is 7.68. The molecular formula is C22H27N5O4. The zero-order valence-electron chi connectivity index (χ0n) is 17.9. The summed E-state index contributed by atoms with van der Waals surface area (Å²) in [5.74, 6) is 1.28. The highest BCUT2D eigenvalue weighted by Gasteiger charge is 2.19. The lowest BCUT2D eigenvalue weighted by Gasteiger charge is -2.15. The van der Waals surface area contributed by atoms with Crippen molar-refractivity contribution in [3.8, 4) is 5.75 Å². The highest BCUT2D eigenvalue weighted by molar-refractivity contribution is 5.92. The summed E-state index contributed by atoms with van der Waals surface area (Å²) in [6.45, 7) is 3.70. The molecule has 0 radical (unpaired) electrons. The van der Waals surface area contributed by atoms with Crippen LogP contribution in [0.4, 0.5) is 0 Å². The number of aryl methyl sites for hydroxylation is 1. The van der Waals surface area contributed by atoms with Crippen molar-refractivity contribution in [3.63, 3.8) is 0 Å². The zero-order valence-corrected chi connectivity index (χ0v) is 17.9. The molecule has 1 aromatic carbocycles. The fraction of sp³-hybridized carbons (Fsp3) is 0.455. The van der Waals surface area contributed by atoms with E-state index in [1.165, 1.54) is 4.68 Å². The molecule has 1 saturated heterocycles. The molecular weight excluding hydrogens is 398 g/mol. The lowest BCUT2D eigenvalue weighted by molar-refractivity contribution is -0.127. The van der Waals surface area contributed by atoms with E-state index in [-0.39, 0.29) is 23.9 Å². The lowest BCUT2D eigenvalue weighted by atomic mass is 10.2. The second-order valence-electron chi connectivity index (χ2n) is 7.68. The predicted molar refractivity (Wildman–Crippen MR) is 116 cm³/mol. The van der Waals surface area contributed by atoms with Gasteiger partial charge in [-0.05, 0) is 31.0 Å². The highest BCUT2D eigenvalue weighted by Crippen LogP contribution is 2.28. The van der Waals surface area contributed by atoms with E-state index in [4.69, 9.17) is 4.74 Å². The molecule has 0 unspecified atom stereocenters. The summed E-state index contributed by atoms with van der Waals surface area (Å²) in [7, 11) is 1.60. The van der Waals surface area contributed by atoms with Gasteiger partial charge in [0.1, 0.15) is 23.6 Å². The van der Waals surface area contributed by atoms with Crippen LogP contribution in [0.3, 0.4) is 0 Å². The molecule has 3 heterocycles. The maximum Gasteiger partial charge on any atom is 0.291 e. The second kappa shape index (κ2) is 8.79. The highest BCUT2D eigenvalue weighted by atomic mass is 16.5. The van der Waals surface area contributed by atoms with Crippen LogP contribution in [0.5, 0.6) is 5.75 Å². The number of benzene rings is 1. The molecule has 0 saturated carbocycles. The summed E-state index contributed by atoms with van der Waals surface area (Å²) in [6.07, 6.45) is 2.80. The molecule has 1 aliphatic heterocycles. The molecule has 9 heteroatoms. The molecule has 31 heavy (non-hydrogen) atoms. The first kappa shape index (κ1) is 20.9. The Bertz CT molecular complexity index is 1200. The quantitative estimate of drug-likeness (QED) is 0.550. The molecule has 0 atom stereocenters. The molecule has 0 bridgehead atoms. The average Bonchev–Trinajstić information content (AvgIpc) is 3.37. The molecule has 0 aliphatic carbocycles. The monoisotopic (exact) mass is 425 g/mol. The number of aromatic nitrogens is 3. The minimum absolute atomic E-state index is 0.149. The van der Waals surface area contributed by atoms with E-state index in [1.54, 1.807) is 13.2 Å². The molecule has 1 aliphatic rings. The lowest BCUT2D eigenvalue weighted by Crippen LogP contribution is -2.36. The number of likely N-dealkylation sites (tertiary alicyclic amines) is 1. The number of rotatable bonds is 8. The number of carbonyl (C=O) groups is 2. The first-order chi connectivity index (χ1) is 15.0. The Balaban J connectivity index is 1.51. The summed E-state index contributed by atoms with van der Waals surface area (Å²) in [6, 6.07) is 7.44.